The van der Waals surface area contributed by atoms with E-state index in [1.165, 1.54) is 0 Å². The van der Waals surface area contributed by atoms with Crippen LogP contribution < -0.4 is 5.73 Å². The molecule has 0 aliphatic carbocycles. The fourth-order valence-electron chi connectivity index (χ4n) is 0.296. The number of nitrogens with one attached hydrogen (secondary N) is 1. The molecule has 0 saturated heterocycles. The van der Waals surface area contributed by atoms with E-state index >= 15 is 0 Å². The second-order valence-electron chi connectivity index (χ2n) is 1.62. The van der Waals surface area contributed by atoms with Crippen molar-refractivity contribution in [3.05, 3.63) is 9.28 Å². The van der Waals surface area contributed by atoms with Crippen molar-refractivity contribution < 1.29 is 0 Å². The van der Waals surface area contributed by atoms with E-state index in [4.69, 9.17) is 11.1 Å². The Morgan fingerprint density at radius 1 is 1.50 bits per heavy atom. The highest BCUT2D eigenvalue weighted by atomic mass is 127. The van der Waals surface area contributed by atoms with Crippen LogP contribution in [0, 0.1) is 5.41 Å². The van der Waals surface area contributed by atoms with Gasteiger partial charge in [-0.1, -0.05) is 0 Å². The molecule has 8 heavy (non-hydrogen) atoms. The first-order valence-corrected chi connectivity index (χ1v) is 3.31. The van der Waals surface area contributed by atoms with Gasteiger partial charge in [0, 0.05) is 11.4 Å². The number of nitrogens with two attached hydrogens (primary N) is 1. The fourth-order valence-corrected chi connectivity index (χ4v) is 0.296. The van der Waals surface area contributed by atoms with Crippen molar-refractivity contribution in [1.82, 2.24) is 0 Å². The normalized spacial score (nSPS) is 12.9. The zero-order valence-corrected chi connectivity index (χ0v) is 7.11. The Labute approximate surface area is 62.8 Å². The zero-order valence-electron chi connectivity index (χ0n) is 4.96. The molecule has 0 unspecified atom stereocenters. The van der Waals surface area contributed by atoms with Gasteiger partial charge in [-0.05, 0) is 36.4 Å². The number of hydrogen-bond donors (Lipinski definition) is 2. The number of rotatable bonds is 1. The lowest BCUT2D eigenvalue weighted by Gasteiger charge is -1.95. The van der Waals surface area contributed by atoms with Gasteiger partial charge in [-0.3, -0.25) is 0 Å². The van der Waals surface area contributed by atoms with Crippen LogP contribution in [0.25, 0.3) is 0 Å². The van der Waals surface area contributed by atoms with Crippen LogP contribution in [0.1, 0.15) is 13.8 Å². The Kier molecular flexibility index (Phi) is 3.04. The van der Waals surface area contributed by atoms with E-state index in [-0.39, 0.29) is 0 Å². The highest BCUT2D eigenvalue weighted by Crippen LogP contribution is 2.08. The maximum atomic E-state index is 7.09. The van der Waals surface area contributed by atoms with Gasteiger partial charge in [0.2, 0.25) is 0 Å². The summed E-state index contributed by atoms with van der Waals surface area (Å²) < 4.78 is 0.850. The van der Waals surface area contributed by atoms with Gasteiger partial charge in [0.25, 0.3) is 0 Å². The van der Waals surface area contributed by atoms with Gasteiger partial charge in [0.1, 0.15) is 0 Å². The van der Waals surface area contributed by atoms with Crippen molar-refractivity contribution >= 4 is 28.3 Å². The van der Waals surface area contributed by atoms with Crippen molar-refractivity contribution in [1.29, 1.82) is 5.41 Å². The second kappa shape index (κ2) is 3.06. The predicted octanol–water partition coefficient (Wildman–Crippen LogP) is 1.65. The third-order valence-corrected chi connectivity index (χ3v) is 2.34. The van der Waals surface area contributed by atoms with Gasteiger partial charge in [-0.15, -0.1) is 0 Å². The molecule has 0 aliphatic heterocycles. The van der Waals surface area contributed by atoms with E-state index in [9.17, 15) is 0 Å². The van der Waals surface area contributed by atoms with Crippen LogP contribution in [0.4, 0.5) is 0 Å². The van der Waals surface area contributed by atoms with E-state index in [1.807, 2.05) is 0 Å². The quantitative estimate of drug-likeness (QED) is 0.516. The van der Waals surface area contributed by atoms with Crippen molar-refractivity contribution in [2.24, 2.45) is 5.73 Å². The second-order valence-corrected chi connectivity index (χ2v) is 2.70. The maximum absolute atomic E-state index is 7.09. The Balaban J connectivity index is 4.23. The maximum Gasteiger partial charge on any atom is 0.0519 e. The molecule has 0 bridgehead atoms. The topological polar surface area (TPSA) is 49.9 Å². The Morgan fingerprint density at radius 3 is 1.88 bits per heavy atom. The average Bonchev–Trinajstić information content (AvgIpc) is 1.64. The molecule has 0 aromatic carbocycles. The molecule has 0 spiro atoms. The van der Waals surface area contributed by atoms with Gasteiger partial charge >= 0.3 is 0 Å². The molecule has 0 rings (SSSR count). The predicted molar refractivity (Wildman–Crippen MR) is 44.3 cm³/mol. The summed E-state index contributed by atoms with van der Waals surface area (Å²) in [6.07, 6.45) is 0. The summed E-state index contributed by atoms with van der Waals surface area (Å²) in [4.78, 5) is 0. The molecule has 0 heterocycles. The van der Waals surface area contributed by atoms with Crippen LogP contribution in [0.3, 0.4) is 0 Å². The molecule has 0 saturated carbocycles. The molecule has 3 N–H and O–H groups in total. The van der Waals surface area contributed by atoms with Crippen LogP contribution in [0.2, 0.25) is 0 Å². The van der Waals surface area contributed by atoms with Crippen LogP contribution in [0.15, 0.2) is 9.28 Å². The minimum atomic E-state index is 0.533. The fraction of sp³-hybridized carbons (Fsp3) is 0.400. The van der Waals surface area contributed by atoms with E-state index in [0.717, 1.165) is 9.28 Å². The summed E-state index contributed by atoms with van der Waals surface area (Å²) in [5.74, 6) is 0. The van der Waals surface area contributed by atoms with Gasteiger partial charge < -0.3 is 11.1 Å². The summed E-state index contributed by atoms with van der Waals surface area (Å²) in [6.45, 7) is 3.51. The van der Waals surface area contributed by atoms with E-state index in [2.05, 4.69) is 22.6 Å². The Bertz CT molecular complexity index is 133. The van der Waals surface area contributed by atoms with E-state index < -0.39 is 0 Å². The summed E-state index contributed by atoms with van der Waals surface area (Å²) in [5, 5.41) is 7.09. The Hall–Kier alpha value is -0.0600. The summed E-state index contributed by atoms with van der Waals surface area (Å²) in [6, 6.07) is 0. The molecule has 0 atom stereocenters. The molecule has 0 aromatic heterocycles. The molecule has 0 fully saturated rings. The molecular formula is C5H9IN2. The van der Waals surface area contributed by atoms with Crippen molar-refractivity contribution in [2.45, 2.75) is 13.8 Å². The molecule has 46 valence electrons. The van der Waals surface area contributed by atoms with E-state index in [0.29, 0.717) is 5.71 Å². The monoisotopic (exact) mass is 224 g/mol. The van der Waals surface area contributed by atoms with Crippen LogP contribution in [0.5, 0.6) is 0 Å². The third-order valence-electron chi connectivity index (χ3n) is 0.675. The smallest absolute Gasteiger partial charge is 0.0519 e. The average molecular weight is 224 g/mol. The summed E-state index contributed by atoms with van der Waals surface area (Å²) in [7, 11) is 0. The lowest BCUT2D eigenvalue weighted by molar-refractivity contribution is 1.31. The molecule has 0 amide bonds. The Morgan fingerprint density at radius 2 is 1.88 bits per heavy atom. The van der Waals surface area contributed by atoms with Crippen molar-refractivity contribution in [3.8, 4) is 0 Å². The van der Waals surface area contributed by atoms with Crippen molar-refractivity contribution in [2.75, 3.05) is 0 Å². The SMILES string of the molecule is CC(=N)/C(I)=C(/C)N. The van der Waals surface area contributed by atoms with Gasteiger partial charge in [-0.25, -0.2) is 0 Å². The lowest BCUT2D eigenvalue weighted by Crippen LogP contribution is -1.98. The van der Waals surface area contributed by atoms with Gasteiger partial charge in [0.15, 0.2) is 0 Å². The van der Waals surface area contributed by atoms with Crippen LogP contribution >= 0.6 is 22.6 Å². The largest absolute Gasteiger partial charge is 0.401 e. The van der Waals surface area contributed by atoms with Crippen molar-refractivity contribution in [3.63, 3.8) is 0 Å². The highest BCUT2D eigenvalue weighted by molar-refractivity contribution is 14.1. The van der Waals surface area contributed by atoms with Crippen LogP contribution in [-0.2, 0) is 0 Å². The minimum absolute atomic E-state index is 0.533. The first-order valence-electron chi connectivity index (χ1n) is 2.23. The van der Waals surface area contributed by atoms with Gasteiger partial charge in [0.05, 0.1) is 3.58 Å². The van der Waals surface area contributed by atoms with Crippen LogP contribution in [-0.4, -0.2) is 5.71 Å². The molecular weight excluding hydrogens is 215 g/mol. The third kappa shape index (κ3) is 2.30. The molecule has 0 radical (unpaired) electrons. The summed E-state index contributed by atoms with van der Waals surface area (Å²) >= 11 is 2.05. The van der Waals surface area contributed by atoms with E-state index in [1.54, 1.807) is 13.8 Å². The lowest BCUT2D eigenvalue weighted by atomic mass is 10.3. The first-order chi connectivity index (χ1) is 3.55. The molecule has 0 aliphatic rings. The van der Waals surface area contributed by atoms with Gasteiger partial charge in [-0.2, -0.15) is 0 Å². The standard InChI is InChI=1S/C5H9IN2/c1-3(7)5(6)4(2)8/h7H,8H2,1-2H3/b5-4+,7-3?. The number of allylic oxidation sites excluding steroid dienone is 2. The zero-order chi connectivity index (χ0) is 6.73. The number of halogens is 1. The highest BCUT2D eigenvalue weighted by Gasteiger charge is 1.94. The molecule has 0 aromatic rings. The molecule has 2 nitrogen and oxygen atoms in total. The number of hydrogen-bond acceptors (Lipinski definition) is 2. The summed E-state index contributed by atoms with van der Waals surface area (Å²) in [5.41, 5.74) is 6.62. The molecule has 3 heteroatoms. The first kappa shape index (κ1) is 7.94. The minimum Gasteiger partial charge on any atom is -0.401 e.